The number of carbonyl (C=O) groups is 1. The summed E-state index contributed by atoms with van der Waals surface area (Å²) < 4.78 is 36.0. The second kappa shape index (κ2) is 13.0. The highest BCUT2D eigenvalue weighted by atomic mass is 32.2. The van der Waals surface area contributed by atoms with Crippen molar-refractivity contribution in [2.45, 2.75) is 31.2 Å². The molecule has 0 unspecified atom stereocenters. The quantitative estimate of drug-likeness (QED) is 0.141. The van der Waals surface area contributed by atoms with Gasteiger partial charge < -0.3 is 19.9 Å². The van der Waals surface area contributed by atoms with Crippen molar-refractivity contribution in [2.24, 2.45) is 5.73 Å². The maximum atomic E-state index is 13.7. The summed E-state index contributed by atoms with van der Waals surface area (Å²) >= 11 is 0. The number of hydrogen-bond donors (Lipinski definition) is 2. The van der Waals surface area contributed by atoms with Gasteiger partial charge in [-0.2, -0.15) is 0 Å². The highest BCUT2D eigenvalue weighted by molar-refractivity contribution is 7.92. The molecule has 1 aromatic heterocycles. The van der Waals surface area contributed by atoms with Crippen LogP contribution in [-0.2, 0) is 32.5 Å². The third-order valence-electron chi connectivity index (χ3n) is 6.65. The standard InChI is InChI=1S/C30H36N6O4S/c1-4-40-29(37)16-17-35-27-15-14-24(36(19-18-34(2)3)41(38,39)25-8-6-5-7-9-25)21-26(27)33-28(35)20-22-10-12-23(13-11-22)30(31)32/h5-15,21H,4,16-20H2,1-3H3,(H3,31,32). The second-order valence-corrected chi connectivity index (χ2v) is 11.8. The van der Waals surface area contributed by atoms with E-state index in [0.29, 0.717) is 42.9 Å². The molecule has 3 aromatic carbocycles. The Balaban J connectivity index is 1.76. The van der Waals surface area contributed by atoms with E-state index in [1.807, 2.05) is 41.8 Å². The molecule has 0 aliphatic heterocycles. The van der Waals surface area contributed by atoms with Crippen molar-refractivity contribution >= 4 is 38.5 Å². The van der Waals surface area contributed by atoms with E-state index in [1.165, 1.54) is 4.31 Å². The second-order valence-electron chi connectivity index (χ2n) is 9.89. The number of benzene rings is 3. The highest BCUT2D eigenvalue weighted by Crippen LogP contribution is 2.29. The summed E-state index contributed by atoms with van der Waals surface area (Å²) in [4.78, 5) is 19.2. The Morgan fingerprint density at radius 3 is 2.37 bits per heavy atom. The van der Waals surface area contributed by atoms with Crippen LogP contribution < -0.4 is 10.0 Å². The molecule has 3 N–H and O–H groups in total. The summed E-state index contributed by atoms with van der Waals surface area (Å²) in [6.07, 6.45) is 0.645. The zero-order valence-corrected chi connectivity index (χ0v) is 24.4. The van der Waals surface area contributed by atoms with Crippen LogP contribution in [0, 0.1) is 5.41 Å². The number of nitrogens with two attached hydrogens (primary N) is 1. The lowest BCUT2D eigenvalue weighted by Gasteiger charge is -2.26. The van der Waals surface area contributed by atoms with Gasteiger partial charge in [-0.1, -0.05) is 42.5 Å². The van der Waals surface area contributed by atoms with Crippen molar-refractivity contribution in [1.29, 1.82) is 5.41 Å². The van der Waals surface area contributed by atoms with Gasteiger partial charge in [-0.25, -0.2) is 13.4 Å². The van der Waals surface area contributed by atoms with Gasteiger partial charge in [0.1, 0.15) is 11.7 Å². The molecule has 0 atom stereocenters. The number of aryl methyl sites for hydroxylation is 1. The molecular formula is C30H36N6O4S. The Hall–Kier alpha value is -4.22. The van der Waals surface area contributed by atoms with E-state index in [2.05, 4.69) is 0 Å². The molecule has 0 fully saturated rings. The van der Waals surface area contributed by atoms with E-state index in [4.69, 9.17) is 20.9 Å². The summed E-state index contributed by atoms with van der Waals surface area (Å²) in [6.45, 7) is 3.23. The summed E-state index contributed by atoms with van der Waals surface area (Å²) in [7, 11) is -0.0264. The van der Waals surface area contributed by atoms with Crippen LogP contribution in [0.25, 0.3) is 11.0 Å². The molecule has 216 valence electrons. The molecule has 4 aromatic rings. The molecule has 0 radical (unpaired) electrons. The predicted octanol–water partition coefficient (Wildman–Crippen LogP) is 3.62. The smallest absolute Gasteiger partial charge is 0.307 e. The number of likely N-dealkylation sites (N-methyl/N-ethyl adjacent to an activating group) is 1. The zero-order valence-electron chi connectivity index (χ0n) is 23.6. The fraction of sp³-hybridized carbons (Fsp3) is 0.300. The SMILES string of the molecule is CCOC(=O)CCn1c(Cc2ccc(C(=N)N)cc2)nc2cc(N(CCN(C)C)S(=O)(=O)c3ccccc3)ccc21. The minimum Gasteiger partial charge on any atom is -0.466 e. The van der Waals surface area contributed by atoms with Gasteiger partial charge in [-0.05, 0) is 56.9 Å². The number of ether oxygens (including phenoxy) is 1. The van der Waals surface area contributed by atoms with Gasteiger partial charge in [0.25, 0.3) is 10.0 Å². The minimum absolute atomic E-state index is 0.00460. The van der Waals surface area contributed by atoms with Gasteiger partial charge >= 0.3 is 5.97 Å². The number of hydrogen-bond acceptors (Lipinski definition) is 7. The van der Waals surface area contributed by atoms with E-state index in [9.17, 15) is 13.2 Å². The Morgan fingerprint density at radius 2 is 1.73 bits per heavy atom. The molecule has 1 heterocycles. The van der Waals surface area contributed by atoms with Gasteiger partial charge in [-0.15, -0.1) is 0 Å². The van der Waals surface area contributed by atoms with E-state index < -0.39 is 10.0 Å². The topological polar surface area (TPSA) is 135 Å². The van der Waals surface area contributed by atoms with Crippen LogP contribution in [-0.4, -0.2) is 68.5 Å². The number of nitrogens with zero attached hydrogens (tertiary/aromatic N) is 4. The van der Waals surface area contributed by atoms with Gasteiger partial charge in [-0.3, -0.25) is 14.5 Å². The summed E-state index contributed by atoms with van der Waals surface area (Å²) in [5, 5.41) is 7.64. The van der Waals surface area contributed by atoms with Crippen LogP contribution in [0.1, 0.15) is 30.3 Å². The van der Waals surface area contributed by atoms with Crippen molar-refractivity contribution in [3.63, 3.8) is 0 Å². The van der Waals surface area contributed by atoms with Gasteiger partial charge in [0.05, 0.1) is 34.6 Å². The van der Waals surface area contributed by atoms with Gasteiger partial charge in [0, 0.05) is 31.6 Å². The van der Waals surface area contributed by atoms with Crippen molar-refractivity contribution in [3.05, 3.63) is 89.7 Å². The first-order chi connectivity index (χ1) is 19.6. The van der Waals surface area contributed by atoms with Crippen LogP contribution in [0.15, 0.2) is 77.7 Å². The first-order valence-corrected chi connectivity index (χ1v) is 14.8. The Kier molecular flexibility index (Phi) is 9.41. The maximum Gasteiger partial charge on any atom is 0.307 e. The van der Waals surface area contributed by atoms with E-state index in [-0.39, 0.29) is 29.7 Å². The maximum absolute atomic E-state index is 13.7. The van der Waals surface area contributed by atoms with E-state index in [1.54, 1.807) is 61.5 Å². The third kappa shape index (κ3) is 7.11. The average molecular weight is 577 g/mol. The van der Waals surface area contributed by atoms with Crippen molar-refractivity contribution in [3.8, 4) is 0 Å². The number of aromatic nitrogens is 2. The Labute approximate surface area is 240 Å². The van der Waals surface area contributed by atoms with Gasteiger partial charge in [0.15, 0.2) is 0 Å². The molecule has 41 heavy (non-hydrogen) atoms. The van der Waals surface area contributed by atoms with Crippen LogP contribution in [0.2, 0.25) is 0 Å². The molecule has 0 amide bonds. The monoisotopic (exact) mass is 576 g/mol. The van der Waals surface area contributed by atoms with Crippen LogP contribution >= 0.6 is 0 Å². The summed E-state index contributed by atoms with van der Waals surface area (Å²) in [5.41, 5.74) is 9.12. The first-order valence-electron chi connectivity index (χ1n) is 13.4. The number of nitrogens with one attached hydrogen (secondary N) is 1. The van der Waals surface area contributed by atoms with Crippen molar-refractivity contribution in [2.75, 3.05) is 38.1 Å². The molecule has 10 nitrogen and oxygen atoms in total. The van der Waals surface area contributed by atoms with Crippen molar-refractivity contribution < 1.29 is 17.9 Å². The molecular weight excluding hydrogens is 540 g/mol. The Morgan fingerprint density at radius 1 is 1.02 bits per heavy atom. The lowest BCUT2D eigenvalue weighted by atomic mass is 10.1. The number of rotatable bonds is 13. The predicted molar refractivity (Wildman–Crippen MR) is 161 cm³/mol. The minimum atomic E-state index is -3.83. The van der Waals surface area contributed by atoms with Crippen LogP contribution in [0.5, 0.6) is 0 Å². The molecule has 0 bridgehead atoms. The number of esters is 1. The molecule has 0 saturated carbocycles. The lowest BCUT2D eigenvalue weighted by molar-refractivity contribution is -0.143. The normalized spacial score (nSPS) is 11.6. The molecule has 0 spiro atoms. The molecule has 4 rings (SSSR count). The fourth-order valence-electron chi connectivity index (χ4n) is 4.53. The molecule has 0 saturated heterocycles. The lowest BCUT2D eigenvalue weighted by Crippen LogP contribution is -2.36. The number of amidine groups is 1. The number of imidazole rings is 1. The first kappa shape index (κ1) is 29.8. The largest absolute Gasteiger partial charge is 0.466 e. The van der Waals surface area contributed by atoms with Crippen molar-refractivity contribution in [1.82, 2.24) is 14.5 Å². The zero-order chi connectivity index (χ0) is 29.6. The molecule has 0 aliphatic carbocycles. The van der Waals surface area contributed by atoms with E-state index >= 15 is 0 Å². The average Bonchev–Trinajstić information content (AvgIpc) is 3.28. The fourth-order valence-corrected chi connectivity index (χ4v) is 6.00. The van der Waals surface area contributed by atoms with Gasteiger partial charge in [0.2, 0.25) is 0 Å². The number of sulfonamides is 1. The van der Waals surface area contributed by atoms with Crippen LogP contribution in [0.4, 0.5) is 5.69 Å². The van der Waals surface area contributed by atoms with Crippen LogP contribution in [0.3, 0.4) is 0 Å². The summed E-state index contributed by atoms with van der Waals surface area (Å²) in [5.74, 6) is 0.421. The summed E-state index contributed by atoms with van der Waals surface area (Å²) in [6, 6.07) is 21.2. The Bertz CT molecular complexity index is 1620. The third-order valence-corrected chi connectivity index (χ3v) is 8.49. The number of fused-ring (bicyclic) bond motifs is 1. The number of carbonyl (C=O) groups excluding carboxylic acids is 1. The molecule has 11 heteroatoms. The van der Waals surface area contributed by atoms with E-state index in [0.717, 1.165) is 16.9 Å². The highest BCUT2D eigenvalue weighted by Gasteiger charge is 2.26. The number of nitrogen functional groups attached to an aromatic ring is 1. The number of anilines is 1. The molecule has 0 aliphatic rings.